The van der Waals surface area contributed by atoms with E-state index in [1.165, 1.54) is 12.1 Å². The minimum absolute atomic E-state index is 0.188. The monoisotopic (exact) mass is 238 g/mol. The Morgan fingerprint density at radius 2 is 2.24 bits per heavy atom. The quantitative estimate of drug-likeness (QED) is 0.872. The van der Waals surface area contributed by atoms with Gasteiger partial charge in [0, 0.05) is 26.7 Å². The summed E-state index contributed by atoms with van der Waals surface area (Å²) in [6.07, 6.45) is 2.37. The van der Waals surface area contributed by atoms with Gasteiger partial charge in [0.15, 0.2) is 0 Å². The van der Waals surface area contributed by atoms with Gasteiger partial charge in [0.05, 0.1) is 5.69 Å². The predicted molar refractivity (Wildman–Crippen MR) is 67.2 cm³/mol. The van der Waals surface area contributed by atoms with Crippen LogP contribution in [0.1, 0.15) is 12.8 Å². The summed E-state index contributed by atoms with van der Waals surface area (Å²) in [4.78, 5) is 1.87. The van der Waals surface area contributed by atoms with Crippen LogP contribution in [0.3, 0.4) is 0 Å². The van der Waals surface area contributed by atoms with Gasteiger partial charge in [-0.1, -0.05) is 0 Å². The summed E-state index contributed by atoms with van der Waals surface area (Å²) in [5.41, 5.74) is 0.788. The molecule has 1 saturated heterocycles. The summed E-state index contributed by atoms with van der Waals surface area (Å²) < 4.78 is 19.1. The molecule has 1 aliphatic heterocycles. The van der Waals surface area contributed by atoms with Crippen molar-refractivity contribution < 1.29 is 9.13 Å². The van der Waals surface area contributed by atoms with Crippen molar-refractivity contribution in [3.63, 3.8) is 0 Å². The van der Waals surface area contributed by atoms with Crippen molar-refractivity contribution in [2.75, 3.05) is 32.1 Å². The Morgan fingerprint density at radius 1 is 1.41 bits per heavy atom. The highest BCUT2D eigenvalue weighted by Gasteiger charge is 2.17. The van der Waals surface area contributed by atoms with Gasteiger partial charge >= 0.3 is 0 Å². The van der Waals surface area contributed by atoms with Gasteiger partial charge in [0.1, 0.15) is 17.7 Å². The first-order valence-electron chi connectivity index (χ1n) is 6.01. The molecule has 17 heavy (non-hydrogen) atoms. The molecule has 1 heterocycles. The smallest absolute Gasteiger partial charge is 0.143 e. The Hall–Kier alpha value is -1.29. The summed E-state index contributed by atoms with van der Waals surface area (Å²) >= 11 is 0. The van der Waals surface area contributed by atoms with E-state index in [1.807, 2.05) is 19.0 Å². The van der Waals surface area contributed by atoms with Gasteiger partial charge in [-0.05, 0) is 31.5 Å². The van der Waals surface area contributed by atoms with Gasteiger partial charge < -0.3 is 15.0 Å². The van der Waals surface area contributed by atoms with Crippen LogP contribution in [-0.4, -0.2) is 33.3 Å². The molecule has 94 valence electrons. The van der Waals surface area contributed by atoms with E-state index in [2.05, 4.69) is 5.32 Å². The lowest BCUT2D eigenvalue weighted by molar-refractivity contribution is 0.167. The van der Waals surface area contributed by atoms with Gasteiger partial charge in [-0.2, -0.15) is 0 Å². The fourth-order valence-corrected chi connectivity index (χ4v) is 2.04. The van der Waals surface area contributed by atoms with Crippen LogP contribution in [0, 0.1) is 5.82 Å². The van der Waals surface area contributed by atoms with Gasteiger partial charge in [0.25, 0.3) is 0 Å². The number of hydrogen-bond acceptors (Lipinski definition) is 3. The number of piperidine rings is 1. The molecule has 1 unspecified atom stereocenters. The fourth-order valence-electron chi connectivity index (χ4n) is 2.04. The van der Waals surface area contributed by atoms with Gasteiger partial charge in [-0.15, -0.1) is 0 Å². The Kier molecular flexibility index (Phi) is 3.84. The van der Waals surface area contributed by atoms with Crippen LogP contribution < -0.4 is 15.0 Å². The van der Waals surface area contributed by atoms with Crippen molar-refractivity contribution in [3.8, 4) is 5.75 Å². The minimum atomic E-state index is -0.234. The summed E-state index contributed by atoms with van der Waals surface area (Å²) in [6, 6.07) is 4.66. The first-order valence-corrected chi connectivity index (χ1v) is 6.01. The van der Waals surface area contributed by atoms with Crippen LogP contribution in [0.25, 0.3) is 0 Å². The maximum atomic E-state index is 13.2. The van der Waals surface area contributed by atoms with E-state index >= 15 is 0 Å². The van der Waals surface area contributed by atoms with E-state index in [-0.39, 0.29) is 11.9 Å². The molecule has 0 bridgehead atoms. The number of rotatable bonds is 3. The Labute approximate surface area is 102 Å². The Bertz CT molecular complexity index is 376. The third-order valence-electron chi connectivity index (χ3n) is 2.95. The van der Waals surface area contributed by atoms with E-state index in [1.54, 1.807) is 6.07 Å². The molecule has 1 fully saturated rings. The first-order chi connectivity index (χ1) is 8.16. The first kappa shape index (κ1) is 12.2. The molecular weight excluding hydrogens is 219 g/mol. The molecule has 4 heteroatoms. The van der Waals surface area contributed by atoms with E-state index in [4.69, 9.17) is 4.74 Å². The molecule has 0 radical (unpaired) electrons. The van der Waals surface area contributed by atoms with Crippen LogP contribution in [-0.2, 0) is 0 Å². The maximum absolute atomic E-state index is 13.2. The topological polar surface area (TPSA) is 24.5 Å². The second-order valence-electron chi connectivity index (χ2n) is 4.59. The number of benzene rings is 1. The zero-order valence-electron chi connectivity index (χ0n) is 10.4. The lowest BCUT2D eigenvalue weighted by Crippen LogP contribution is -2.37. The van der Waals surface area contributed by atoms with E-state index in [0.717, 1.165) is 37.4 Å². The molecule has 0 aliphatic carbocycles. The van der Waals surface area contributed by atoms with Gasteiger partial charge in [0.2, 0.25) is 0 Å². The molecule has 3 nitrogen and oxygen atoms in total. The minimum Gasteiger partial charge on any atom is -0.487 e. The summed E-state index contributed by atoms with van der Waals surface area (Å²) in [7, 11) is 3.78. The lowest BCUT2D eigenvalue weighted by atomic mass is 10.1. The standard InChI is InChI=1S/C13H19FN2O/c1-16(2)12-8-10(14)5-6-13(12)17-11-4-3-7-15-9-11/h5-6,8,11,15H,3-4,7,9H2,1-2H3. The van der Waals surface area contributed by atoms with Crippen molar-refractivity contribution in [2.45, 2.75) is 18.9 Å². The van der Waals surface area contributed by atoms with Crippen LogP contribution in [0.15, 0.2) is 18.2 Å². The van der Waals surface area contributed by atoms with E-state index in [9.17, 15) is 4.39 Å². The van der Waals surface area contributed by atoms with Crippen molar-refractivity contribution in [1.29, 1.82) is 0 Å². The lowest BCUT2D eigenvalue weighted by Gasteiger charge is -2.26. The SMILES string of the molecule is CN(C)c1cc(F)ccc1OC1CCCNC1. The molecule has 1 aliphatic rings. The van der Waals surface area contributed by atoms with Crippen LogP contribution in [0.2, 0.25) is 0 Å². The number of halogens is 1. The molecule has 0 saturated carbocycles. The van der Waals surface area contributed by atoms with Gasteiger partial charge in [-0.3, -0.25) is 0 Å². The molecule has 1 aromatic rings. The normalized spacial score (nSPS) is 20.1. The van der Waals surface area contributed by atoms with Gasteiger partial charge in [-0.25, -0.2) is 4.39 Å². The molecule has 0 amide bonds. The average molecular weight is 238 g/mol. The van der Waals surface area contributed by atoms with Crippen molar-refractivity contribution >= 4 is 5.69 Å². The van der Waals surface area contributed by atoms with Crippen LogP contribution in [0.4, 0.5) is 10.1 Å². The fraction of sp³-hybridized carbons (Fsp3) is 0.538. The number of anilines is 1. The molecule has 1 aromatic carbocycles. The summed E-state index contributed by atoms with van der Waals surface area (Å²) in [5.74, 6) is 0.521. The predicted octanol–water partition coefficient (Wildman–Crippen LogP) is 2.02. The highest BCUT2D eigenvalue weighted by Crippen LogP contribution is 2.29. The number of nitrogens with zero attached hydrogens (tertiary/aromatic N) is 1. The highest BCUT2D eigenvalue weighted by atomic mass is 19.1. The van der Waals surface area contributed by atoms with E-state index in [0.29, 0.717) is 0 Å². The Morgan fingerprint density at radius 3 is 2.88 bits per heavy atom. The van der Waals surface area contributed by atoms with Crippen LogP contribution in [0.5, 0.6) is 5.75 Å². The average Bonchev–Trinajstić information content (AvgIpc) is 2.32. The maximum Gasteiger partial charge on any atom is 0.143 e. The third kappa shape index (κ3) is 3.09. The molecule has 1 N–H and O–H groups in total. The largest absolute Gasteiger partial charge is 0.487 e. The summed E-state index contributed by atoms with van der Waals surface area (Å²) in [6.45, 7) is 1.92. The molecular formula is C13H19FN2O. The molecule has 0 aromatic heterocycles. The number of nitrogens with one attached hydrogen (secondary N) is 1. The number of ether oxygens (including phenoxy) is 1. The molecule has 2 rings (SSSR count). The van der Waals surface area contributed by atoms with Crippen LogP contribution >= 0.6 is 0 Å². The zero-order chi connectivity index (χ0) is 12.3. The van der Waals surface area contributed by atoms with Crippen molar-refractivity contribution in [2.24, 2.45) is 0 Å². The molecule has 0 spiro atoms. The number of hydrogen-bond donors (Lipinski definition) is 1. The zero-order valence-corrected chi connectivity index (χ0v) is 10.4. The van der Waals surface area contributed by atoms with Crippen molar-refractivity contribution in [3.05, 3.63) is 24.0 Å². The highest BCUT2D eigenvalue weighted by molar-refractivity contribution is 5.57. The van der Waals surface area contributed by atoms with Crippen molar-refractivity contribution in [1.82, 2.24) is 5.32 Å². The Balaban J connectivity index is 2.13. The second kappa shape index (κ2) is 5.36. The van der Waals surface area contributed by atoms with E-state index < -0.39 is 0 Å². The summed E-state index contributed by atoms with van der Waals surface area (Å²) in [5, 5.41) is 3.30. The second-order valence-corrected chi connectivity index (χ2v) is 4.59. The third-order valence-corrected chi connectivity index (χ3v) is 2.95. The molecule has 1 atom stereocenters.